The van der Waals surface area contributed by atoms with Crippen molar-refractivity contribution in [2.24, 2.45) is 0 Å². The molecule has 0 amide bonds. The number of piperazine rings is 1. The Morgan fingerprint density at radius 2 is 1.29 bits per heavy atom. The number of carbonyl (C=O) groups is 1. The number of thiophene rings is 2. The lowest BCUT2D eigenvalue weighted by Gasteiger charge is -2.36. The maximum absolute atomic E-state index is 15.9. The van der Waals surface area contributed by atoms with Gasteiger partial charge < -0.3 is 14.5 Å². The highest BCUT2D eigenvalue weighted by Gasteiger charge is 2.80. The molecule has 1 saturated heterocycles. The number of allylic oxidation sites excluding steroid dienone is 2. The van der Waals surface area contributed by atoms with Gasteiger partial charge in [0.25, 0.3) is 0 Å². The van der Waals surface area contributed by atoms with Crippen LogP contribution >= 0.6 is 22.7 Å². The van der Waals surface area contributed by atoms with E-state index in [4.69, 9.17) is 4.74 Å². The molecule has 0 spiro atoms. The van der Waals surface area contributed by atoms with E-state index < -0.39 is 34.9 Å². The molecule has 9 rings (SSSR count). The van der Waals surface area contributed by atoms with Crippen molar-refractivity contribution in [2.75, 3.05) is 51.3 Å². The van der Waals surface area contributed by atoms with E-state index in [0.29, 0.717) is 27.4 Å². The summed E-state index contributed by atoms with van der Waals surface area (Å²) in [4.78, 5) is 21.5. The van der Waals surface area contributed by atoms with Crippen LogP contribution in [0.3, 0.4) is 0 Å². The van der Waals surface area contributed by atoms with Crippen LogP contribution in [0.25, 0.3) is 48.9 Å². The molecule has 6 aromatic rings. The summed E-state index contributed by atoms with van der Waals surface area (Å²) in [7, 11) is 2.15. The number of ether oxygens (including phenoxy) is 1. The molecule has 1 fully saturated rings. The van der Waals surface area contributed by atoms with E-state index in [1.807, 2.05) is 0 Å². The third-order valence-corrected chi connectivity index (χ3v) is 14.5. The maximum Gasteiger partial charge on any atom is 0.380 e. The SMILES string of the molecule is C=Cc1ccc(-c2cc(C3=C(c4cc(-c5ccc(C(=O)OCCN6Cc7cccc8c(N9CCN(C)CC9)ccc(c78)C6)cc5)sc4C)C(F)(F)C(F)(F)C3(F)F)c(C)s2)cc1. The first kappa shape index (κ1) is 42.1. The fraction of sp³-hybridized carbons (Fsp3) is 0.286. The van der Waals surface area contributed by atoms with Crippen molar-refractivity contribution in [1.82, 2.24) is 9.80 Å². The Morgan fingerprint density at radius 1 is 0.742 bits per heavy atom. The second-order valence-electron chi connectivity index (χ2n) is 16.3. The van der Waals surface area contributed by atoms with Gasteiger partial charge in [0, 0.05) is 87.5 Å². The largest absolute Gasteiger partial charge is 0.461 e. The number of alkyl halides is 6. The summed E-state index contributed by atoms with van der Waals surface area (Å²) in [5, 5.41) is 2.57. The van der Waals surface area contributed by atoms with Gasteiger partial charge in [-0.25, -0.2) is 4.79 Å². The molecule has 5 nitrogen and oxygen atoms in total. The van der Waals surface area contributed by atoms with Crippen molar-refractivity contribution in [3.8, 4) is 20.9 Å². The van der Waals surface area contributed by atoms with Gasteiger partial charge in [0.1, 0.15) is 6.61 Å². The minimum atomic E-state index is -5.68. The molecule has 0 atom stereocenters. The van der Waals surface area contributed by atoms with Crippen LogP contribution in [0.2, 0.25) is 0 Å². The molecule has 2 aliphatic heterocycles. The van der Waals surface area contributed by atoms with Gasteiger partial charge >= 0.3 is 23.7 Å². The van der Waals surface area contributed by atoms with E-state index in [1.165, 1.54) is 65.7 Å². The van der Waals surface area contributed by atoms with Crippen molar-refractivity contribution in [3.63, 3.8) is 0 Å². The lowest BCUT2D eigenvalue weighted by Crippen LogP contribution is -2.48. The number of benzene rings is 4. The molecule has 4 aromatic carbocycles. The number of hydrogen-bond acceptors (Lipinski definition) is 7. The monoisotopic (exact) mass is 883 g/mol. The van der Waals surface area contributed by atoms with Gasteiger partial charge in [-0.2, -0.15) is 26.3 Å². The van der Waals surface area contributed by atoms with Crippen LogP contribution in [-0.4, -0.2) is 79.9 Å². The van der Waals surface area contributed by atoms with Crippen LogP contribution in [0.15, 0.2) is 97.6 Å². The Morgan fingerprint density at radius 3 is 1.85 bits per heavy atom. The fourth-order valence-corrected chi connectivity index (χ4v) is 11.0. The first-order valence-electron chi connectivity index (χ1n) is 20.4. The second kappa shape index (κ2) is 15.9. The van der Waals surface area contributed by atoms with Gasteiger partial charge in [-0.3, -0.25) is 4.90 Å². The number of carbonyl (C=O) groups excluding carboxylic acids is 1. The minimum absolute atomic E-state index is 0.159. The Labute approximate surface area is 364 Å². The standard InChI is InChI=1S/C49H43F6N3O2S2/c1-5-31-9-11-32(12-10-31)41-25-38(29(2)61-41)44-45(48(52,53)49(54,55)47(44,50)51)39-26-42(62-30(39)3)33-13-15-34(16-14-33)46(59)60-24-23-57-27-35-7-6-8-37-40(18-17-36(28-57)43(35)37)58-21-19-56(4)20-22-58/h5-18,25-26H,1,19-24,27-28H2,2-4H3. The molecule has 0 bridgehead atoms. The Hall–Kier alpha value is -5.21. The average molecular weight is 884 g/mol. The van der Waals surface area contributed by atoms with Crippen molar-refractivity contribution in [3.05, 3.63) is 141 Å². The van der Waals surface area contributed by atoms with Crippen LogP contribution in [0.4, 0.5) is 32.0 Å². The Balaban J connectivity index is 0.908. The van der Waals surface area contributed by atoms with Crippen LogP contribution in [-0.2, 0) is 17.8 Å². The summed E-state index contributed by atoms with van der Waals surface area (Å²) < 4.78 is 99.6. The molecule has 2 aromatic heterocycles. The third-order valence-electron chi connectivity index (χ3n) is 12.3. The summed E-state index contributed by atoms with van der Waals surface area (Å²) in [6.07, 6.45) is 1.63. The van der Waals surface area contributed by atoms with E-state index in [9.17, 15) is 4.79 Å². The third kappa shape index (κ3) is 7.07. The molecule has 0 radical (unpaired) electrons. The number of likely N-dealkylation sites (N-methyl/N-ethyl adjacent to an activating group) is 1. The smallest absolute Gasteiger partial charge is 0.380 e. The first-order chi connectivity index (χ1) is 29.6. The summed E-state index contributed by atoms with van der Waals surface area (Å²) in [6, 6.07) is 26.7. The number of anilines is 1. The summed E-state index contributed by atoms with van der Waals surface area (Å²) in [5.74, 6) is -16.6. The molecular weight excluding hydrogens is 841 g/mol. The van der Waals surface area contributed by atoms with Gasteiger partial charge in [-0.15, -0.1) is 22.7 Å². The molecule has 4 heterocycles. The van der Waals surface area contributed by atoms with E-state index in [-0.39, 0.29) is 33.1 Å². The first-order valence-corrected chi connectivity index (χ1v) is 22.0. The van der Waals surface area contributed by atoms with Crippen LogP contribution < -0.4 is 4.90 Å². The van der Waals surface area contributed by atoms with E-state index in [0.717, 1.165) is 67.5 Å². The van der Waals surface area contributed by atoms with E-state index in [2.05, 4.69) is 58.7 Å². The molecule has 0 unspecified atom stereocenters. The highest BCUT2D eigenvalue weighted by atomic mass is 32.1. The van der Waals surface area contributed by atoms with Crippen molar-refractivity contribution < 1.29 is 35.9 Å². The molecule has 0 saturated carbocycles. The number of halogens is 6. The lowest BCUT2D eigenvalue weighted by atomic mass is 9.93. The minimum Gasteiger partial charge on any atom is -0.461 e. The van der Waals surface area contributed by atoms with Gasteiger partial charge in [0.05, 0.1) is 5.56 Å². The van der Waals surface area contributed by atoms with Gasteiger partial charge in [-0.1, -0.05) is 73.3 Å². The number of nitrogens with zero attached hydrogens (tertiary/aromatic N) is 3. The van der Waals surface area contributed by atoms with Crippen molar-refractivity contribution in [2.45, 2.75) is 44.7 Å². The number of aryl methyl sites for hydroxylation is 2. The quantitative estimate of drug-likeness (QED) is 0.101. The van der Waals surface area contributed by atoms with Crippen LogP contribution in [0.5, 0.6) is 0 Å². The van der Waals surface area contributed by atoms with Gasteiger partial charge in [0.15, 0.2) is 0 Å². The fourth-order valence-electron chi connectivity index (χ4n) is 8.91. The molecule has 320 valence electrons. The number of esters is 1. The number of rotatable bonds is 10. The van der Waals surface area contributed by atoms with E-state index >= 15 is 26.3 Å². The van der Waals surface area contributed by atoms with Crippen molar-refractivity contribution >= 4 is 62.3 Å². The van der Waals surface area contributed by atoms with Crippen LogP contribution in [0, 0.1) is 13.8 Å². The zero-order valence-corrected chi connectivity index (χ0v) is 36.0. The lowest BCUT2D eigenvalue weighted by molar-refractivity contribution is -0.254. The normalized spacial score (nSPS) is 18.4. The Kier molecular flexibility index (Phi) is 10.8. The molecule has 62 heavy (non-hydrogen) atoms. The maximum atomic E-state index is 15.9. The van der Waals surface area contributed by atoms with Gasteiger partial charge in [0.2, 0.25) is 0 Å². The molecule has 3 aliphatic rings. The average Bonchev–Trinajstić information content (AvgIpc) is 3.86. The topological polar surface area (TPSA) is 36.0 Å². The Bertz CT molecular complexity index is 2740. The molecule has 0 N–H and O–H groups in total. The van der Waals surface area contributed by atoms with Crippen LogP contribution in [0.1, 0.15) is 47.9 Å². The van der Waals surface area contributed by atoms with Crippen molar-refractivity contribution in [1.29, 1.82) is 0 Å². The predicted octanol–water partition coefficient (Wildman–Crippen LogP) is 12.3. The second-order valence-corrected chi connectivity index (χ2v) is 18.8. The highest BCUT2D eigenvalue weighted by molar-refractivity contribution is 7.16. The summed E-state index contributed by atoms with van der Waals surface area (Å²) >= 11 is 2.09. The van der Waals surface area contributed by atoms with Gasteiger partial charge in [-0.05, 0) is 95.6 Å². The molecule has 13 heteroatoms. The highest BCUT2D eigenvalue weighted by Crippen LogP contribution is 2.66. The summed E-state index contributed by atoms with van der Waals surface area (Å²) in [6.45, 7) is 12.8. The predicted molar refractivity (Wildman–Crippen MR) is 239 cm³/mol. The van der Waals surface area contributed by atoms with E-state index in [1.54, 1.807) is 42.5 Å². The molecule has 1 aliphatic carbocycles. The zero-order chi connectivity index (χ0) is 43.7. The molecular formula is C49H43F6N3O2S2. The zero-order valence-electron chi connectivity index (χ0n) is 34.3. The number of hydrogen-bond donors (Lipinski definition) is 0. The summed E-state index contributed by atoms with van der Waals surface area (Å²) in [5.41, 5.74) is 2.47.